The highest BCUT2D eigenvalue weighted by atomic mass is 19.2. The zero-order chi connectivity index (χ0) is 21.4. The Labute approximate surface area is 175 Å². The first-order valence-corrected chi connectivity index (χ1v) is 9.44. The summed E-state index contributed by atoms with van der Waals surface area (Å²) in [6.45, 7) is 0.748. The van der Waals surface area contributed by atoms with Crippen LogP contribution in [0.5, 0.6) is 0 Å². The molecule has 4 aromatic rings. The number of hydrazone groups is 1. The van der Waals surface area contributed by atoms with Crippen molar-refractivity contribution < 1.29 is 18.1 Å². The first-order valence-electron chi connectivity index (χ1n) is 9.44. The van der Waals surface area contributed by atoms with E-state index in [2.05, 4.69) is 20.2 Å². The van der Waals surface area contributed by atoms with Crippen molar-refractivity contribution in [2.75, 3.05) is 0 Å². The maximum atomic E-state index is 14.1. The molecule has 0 unspecified atom stereocenters. The van der Waals surface area contributed by atoms with Gasteiger partial charge in [-0.15, -0.1) is 0 Å². The highest BCUT2D eigenvalue weighted by molar-refractivity contribution is 5.81. The number of nitrogens with zero attached hydrogens (tertiary/aromatic N) is 4. The topological polar surface area (TPSA) is 87.4 Å². The Morgan fingerprint density at radius 1 is 1.16 bits per heavy atom. The predicted octanol–water partition coefficient (Wildman–Crippen LogP) is 4.17. The van der Waals surface area contributed by atoms with Gasteiger partial charge in [0.2, 0.25) is 0 Å². The molecule has 0 spiro atoms. The number of fused-ring (bicyclic) bond motifs is 1. The Hall–Kier alpha value is -4.14. The summed E-state index contributed by atoms with van der Waals surface area (Å²) in [5, 5.41) is 10.2. The molecule has 154 valence electrons. The molecule has 0 atom stereocenters. The Kier molecular flexibility index (Phi) is 4.62. The average molecular weight is 419 g/mol. The molecule has 1 N–H and O–H groups in total. The zero-order valence-electron chi connectivity index (χ0n) is 16.0. The molecule has 0 radical (unpaired) electrons. The van der Waals surface area contributed by atoms with Gasteiger partial charge in [0.1, 0.15) is 23.5 Å². The lowest BCUT2D eigenvalue weighted by atomic mass is 10.1. The SMILES string of the molecule is O=Cc1ccc(-c2cc(CN3Cc4[nH]c(-c5cccc(F)c5F)nc4C=N3)on2)cc1. The summed E-state index contributed by atoms with van der Waals surface area (Å²) in [5.41, 5.74) is 3.44. The molecule has 0 bridgehead atoms. The average Bonchev–Trinajstić information content (AvgIpc) is 3.42. The summed E-state index contributed by atoms with van der Waals surface area (Å²) in [4.78, 5) is 18.2. The lowest BCUT2D eigenvalue weighted by Crippen LogP contribution is -2.21. The summed E-state index contributed by atoms with van der Waals surface area (Å²) < 4.78 is 33.0. The molecule has 2 aromatic carbocycles. The van der Waals surface area contributed by atoms with E-state index in [1.165, 1.54) is 12.1 Å². The minimum absolute atomic E-state index is 0.0647. The van der Waals surface area contributed by atoms with Crippen LogP contribution in [0, 0.1) is 11.6 Å². The number of halogens is 2. The Bertz CT molecular complexity index is 1290. The number of imidazole rings is 1. The van der Waals surface area contributed by atoms with Crippen molar-refractivity contribution in [1.82, 2.24) is 20.1 Å². The van der Waals surface area contributed by atoms with Crippen molar-refractivity contribution in [2.24, 2.45) is 5.10 Å². The molecule has 7 nitrogen and oxygen atoms in total. The summed E-state index contributed by atoms with van der Waals surface area (Å²) in [5.74, 6) is -1.02. The number of hydrogen-bond acceptors (Lipinski definition) is 6. The number of benzene rings is 2. The molecular formula is C22H15F2N5O2. The van der Waals surface area contributed by atoms with Crippen LogP contribution < -0.4 is 0 Å². The van der Waals surface area contributed by atoms with Crippen molar-refractivity contribution in [3.05, 3.63) is 82.9 Å². The van der Waals surface area contributed by atoms with E-state index in [1.807, 2.05) is 6.07 Å². The molecule has 0 amide bonds. The fourth-order valence-electron chi connectivity index (χ4n) is 3.36. The van der Waals surface area contributed by atoms with Gasteiger partial charge in [-0.05, 0) is 12.1 Å². The van der Waals surface area contributed by atoms with Gasteiger partial charge >= 0.3 is 0 Å². The lowest BCUT2D eigenvalue weighted by Gasteiger charge is -2.19. The van der Waals surface area contributed by atoms with Crippen LogP contribution in [-0.2, 0) is 13.1 Å². The van der Waals surface area contributed by atoms with E-state index in [0.29, 0.717) is 35.8 Å². The zero-order valence-corrected chi connectivity index (χ0v) is 16.0. The van der Waals surface area contributed by atoms with E-state index >= 15 is 0 Å². The van der Waals surface area contributed by atoms with E-state index < -0.39 is 11.6 Å². The van der Waals surface area contributed by atoms with Crippen LogP contribution in [0.2, 0.25) is 0 Å². The van der Waals surface area contributed by atoms with Gasteiger partial charge in [-0.25, -0.2) is 13.8 Å². The number of hydrogen-bond donors (Lipinski definition) is 1. The van der Waals surface area contributed by atoms with Gasteiger partial charge in [0.25, 0.3) is 0 Å². The molecule has 0 fully saturated rings. The van der Waals surface area contributed by atoms with Gasteiger partial charge in [0.15, 0.2) is 17.4 Å². The van der Waals surface area contributed by atoms with Crippen LogP contribution in [0.4, 0.5) is 8.78 Å². The maximum absolute atomic E-state index is 14.1. The van der Waals surface area contributed by atoms with Gasteiger partial charge in [-0.2, -0.15) is 5.10 Å². The van der Waals surface area contributed by atoms with E-state index in [9.17, 15) is 13.6 Å². The fourth-order valence-corrected chi connectivity index (χ4v) is 3.36. The second-order valence-corrected chi connectivity index (χ2v) is 7.04. The van der Waals surface area contributed by atoms with Crippen LogP contribution in [0.3, 0.4) is 0 Å². The summed E-state index contributed by atoms with van der Waals surface area (Å²) in [7, 11) is 0. The predicted molar refractivity (Wildman–Crippen MR) is 108 cm³/mol. The lowest BCUT2D eigenvalue weighted by molar-refractivity contribution is 0.112. The molecule has 9 heteroatoms. The van der Waals surface area contributed by atoms with Gasteiger partial charge in [-0.1, -0.05) is 35.5 Å². The van der Waals surface area contributed by atoms with Crippen LogP contribution in [0.15, 0.2) is 58.2 Å². The standard InChI is InChI=1S/C22H15F2N5O2/c23-17-3-1-2-16(21(17)24)22-26-19-9-25-29(11-20(19)27-22)10-15-8-18(28-31-15)14-6-4-13(12-30)5-7-14/h1-9,12H,10-11H2,(H,26,27). The Morgan fingerprint density at radius 3 is 2.81 bits per heavy atom. The van der Waals surface area contributed by atoms with E-state index in [-0.39, 0.29) is 11.4 Å². The van der Waals surface area contributed by atoms with Crippen molar-refractivity contribution >= 4 is 12.5 Å². The van der Waals surface area contributed by atoms with Crippen molar-refractivity contribution in [3.8, 4) is 22.6 Å². The molecule has 0 saturated carbocycles. The van der Waals surface area contributed by atoms with Crippen LogP contribution >= 0.6 is 0 Å². The molecule has 3 heterocycles. The van der Waals surface area contributed by atoms with Crippen LogP contribution in [0.25, 0.3) is 22.6 Å². The highest BCUT2D eigenvalue weighted by Gasteiger charge is 2.21. The van der Waals surface area contributed by atoms with Crippen LogP contribution in [0.1, 0.15) is 27.5 Å². The molecule has 0 aliphatic carbocycles. The monoisotopic (exact) mass is 419 g/mol. The first kappa shape index (κ1) is 18.9. The number of nitrogens with one attached hydrogen (secondary N) is 1. The van der Waals surface area contributed by atoms with Gasteiger partial charge in [0, 0.05) is 17.2 Å². The molecule has 0 saturated heterocycles. The number of H-pyrrole nitrogens is 1. The van der Waals surface area contributed by atoms with Crippen molar-refractivity contribution in [2.45, 2.75) is 13.1 Å². The third-order valence-corrected chi connectivity index (χ3v) is 4.94. The summed E-state index contributed by atoms with van der Waals surface area (Å²) in [6.07, 6.45) is 2.34. The number of aromatic amines is 1. The highest BCUT2D eigenvalue weighted by Crippen LogP contribution is 2.26. The fraction of sp³-hybridized carbons (Fsp3) is 0.0909. The molecule has 31 heavy (non-hydrogen) atoms. The van der Waals surface area contributed by atoms with Gasteiger partial charge in [-0.3, -0.25) is 9.80 Å². The quantitative estimate of drug-likeness (QED) is 0.491. The second-order valence-electron chi connectivity index (χ2n) is 7.04. The molecule has 1 aliphatic heterocycles. The summed E-state index contributed by atoms with van der Waals surface area (Å²) in [6, 6.07) is 12.8. The molecule has 5 rings (SSSR count). The van der Waals surface area contributed by atoms with E-state index in [4.69, 9.17) is 4.52 Å². The minimum Gasteiger partial charge on any atom is -0.359 e. The third-order valence-electron chi connectivity index (χ3n) is 4.94. The largest absolute Gasteiger partial charge is 0.359 e. The number of aromatic nitrogens is 3. The number of carbonyl (C=O) groups excluding carboxylic acids is 1. The minimum atomic E-state index is -0.947. The third kappa shape index (κ3) is 3.61. The van der Waals surface area contributed by atoms with Gasteiger partial charge in [0.05, 0.1) is 30.6 Å². The second kappa shape index (κ2) is 7.60. The van der Waals surface area contributed by atoms with Crippen molar-refractivity contribution in [1.29, 1.82) is 0 Å². The number of carbonyl (C=O) groups is 1. The normalized spacial score (nSPS) is 12.8. The number of aldehydes is 1. The van der Waals surface area contributed by atoms with Crippen molar-refractivity contribution in [3.63, 3.8) is 0 Å². The Morgan fingerprint density at radius 2 is 2.00 bits per heavy atom. The van der Waals surface area contributed by atoms with E-state index in [0.717, 1.165) is 23.6 Å². The Balaban J connectivity index is 1.31. The maximum Gasteiger partial charge on any atom is 0.169 e. The molecular weight excluding hydrogens is 404 g/mol. The molecule has 1 aliphatic rings. The molecule has 2 aromatic heterocycles. The van der Waals surface area contributed by atoms with Crippen LogP contribution in [-0.4, -0.2) is 32.6 Å². The smallest absolute Gasteiger partial charge is 0.169 e. The number of rotatable bonds is 5. The first-order chi connectivity index (χ1) is 15.1. The summed E-state index contributed by atoms with van der Waals surface area (Å²) >= 11 is 0. The van der Waals surface area contributed by atoms with E-state index in [1.54, 1.807) is 35.5 Å². The van der Waals surface area contributed by atoms with Gasteiger partial charge < -0.3 is 9.51 Å².